The van der Waals surface area contributed by atoms with Crippen LogP contribution in [0.3, 0.4) is 0 Å². The fraction of sp³-hybridized carbons (Fsp3) is 0.526. The lowest BCUT2D eigenvalue weighted by Crippen LogP contribution is -2.32. The Morgan fingerprint density at radius 3 is 1.06 bits per heavy atom. The van der Waals surface area contributed by atoms with E-state index in [1.807, 2.05) is 14.7 Å². The molecular formula is C38H52N6O3. The SMILES string of the molecule is CCCCC(=O)N1Cc2cncc(c2)CN(C(=O)CCC(C)C)Cc2cncc(c2)CN(C(=O)CCC(C)C)Cc2cncc(c2)C1. The third-order valence-corrected chi connectivity index (χ3v) is 8.47. The number of carbonyl (C=O) groups is 3. The predicted octanol–water partition coefficient (Wildman–Crippen LogP) is 6.83. The van der Waals surface area contributed by atoms with E-state index in [1.165, 1.54) is 0 Å². The van der Waals surface area contributed by atoms with Crippen molar-refractivity contribution in [2.75, 3.05) is 0 Å². The van der Waals surface area contributed by atoms with E-state index in [0.717, 1.165) is 59.1 Å². The quantitative estimate of drug-likeness (QED) is 0.254. The molecule has 0 fully saturated rings. The molecule has 0 aromatic carbocycles. The van der Waals surface area contributed by atoms with Gasteiger partial charge in [0, 0.05) is 95.7 Å². The number of rotatable bonds is 9. The maximum atomic E-state index is 13.6. The van der Waals surface area contributed by atoms with Crippen LogP contribution in [-0.2, 0) is 53.7 Å². The first-order chi connectivity index (χ1) is 22.6. The average molecular weight is 641 g/mol. The Balaban J connectivity index is 1.75. The molecule has 1 aliphatic rings. The summed E-state index contributed by atoms with van der Waals surface area (Å²) in [6.45, 7) is 13.0. The van der Waals surface area contributed by atoms with Gasteiger partial charge in [0.1, 0.15) is 0 Å². The summed E-state index contributed by atoms with van der Waals surface area (Å²) in [5.74, 6) is 1.08. The Morgan fingerprint density at radius 2 is 0.809 bits per heavy atom. The van der Waals surface area contributed by atoms with Crippen molar-refractivity contribution in [2.24, 2.45) is 11.8 Å². The highest BCUT2D eigenvalue weighted by molar-refractivity contribution is 5.77. The molecule has 0 atom stereocenters. The van der Waals surface area contributed by atoms with E-state index < -0.39 is 0 Å². The van der Waals surface area contributed by atoms with Gasteiger partial charge in [-0.3, -0.25) is 29.3 Å². The summed E-state index contributed by atoms with van der Waals surface area (Å²) in [4.78, 5) is 59.9. The first kappa shape index (κ1) is 35.7. The molecule has 6 bridgehead atoms. The van der Waals surface area contributed by atoms with Crippen LogP contribution in [0.2, 0.25) is 0 Å². The second-order valence-corrected chi connectivity index (χ2v) is 13.8. The van der Waals surface area contributed by atoms with E-state index in [4.69, 9.17) is 0 Å². The monoisotopic (exact) mass is 640 g/mol. The Hall–Kier alpha value is -4.14. The van der Waals surface area contributed by atoms with Crippen molar-refractivity contribution in [1.29, 1.82) is 0 Å². The Labute approximate surface area is 280 Å². The Bertz CT molecular complexity index is 1390. The van der Waals surface area contributed by atoms with Crippen molar-refractivity contribution in [1.82, 2.24) is 29.7 Å². The lowest BCUT2D eigenvalue weighted by Gasteiger charge is -2.27. The maximum absolute atomic E-state index is 13.6. The van der Waals surface area contributed by atoms with E-state index in [0.29, 0.717) is 70.4 Å². The largest absolute Gasteiger partial charge is 0.334 e. The van der Waals surface area contributed by atoms with Gasteiger partial charge in [0.2, 0.25) is 17.7 Å². The zero-order valence-electron chi connectivity index (χ0n) is 29.0. The normalized spacial score (nSPS) is 14.2. The zero-order chi connectivity index (χ0) is 33.8. The highest BCUT2D eigenvalue weighted by Gasteiger charge is 2.21. The molecule has 0 spiro atoms. The smallest absolute Gasteiger partial charge is 0.223 e. The van der Waals surface area contributed by atoms with Gasteiger partial charge >= 0.3 is 0 Å². The van der Waals surface area contributed by atoms with Crippen LogP contribution in [0.1, 0.15) is 113 Å². The zero-order valence-corrected chi connectivity index (χ0v) is 29.0. The fourth-order valence-corrected chi connectivity index (χ4v) is 5.79. The van der Waals surface area contributed by atoms with Gasteiger partial charge < -0.3 is 14.7 Å². The minimum absolute atomic E-state index is 0.0803. The highest BCUT2D eigenvalue weighted by atomic mass is 16.2. The number of nitrogens with zero attached hydrogens (tertiary/aromatic N) is 6. The molecule has 4 rings (SSSR count). The number of amides is 3. The van der Waals surface area contributed by atoms with Gasteiger partial charge in [0.05, 0.1) is 0 Å². The summed E-state index contributed by atoms with van der Waals surface area (Å²) in [6.07, 6.45) is 15.6. The van der Waals surface area contributed by atoms with Gasteiger partial charge in [-0.25, -0.2) is 0 Å². The molecule has 9 heteroatoms. The topological polar surface area (TPSA) is 99.6 Å². The minimum atomic E-state index is 0.0803. The van der Waals surface area contributed by atoms with Gasteiger partial charge in [0.25, 0.3) is 0 Å². The second-order valence-electron chi connectivity index (χ2n) is 13.8. The van der Waals surface area contributed by atoms with Gasteiger partial charge in [0.15, 0.2) is 0 Å². The van der Waals surface area contributed by atoms with E-state index in [2.05, 4.69) is 67.8 Å². The van der Waals surface area contributed by atoms with Crippen molar-refractivity contribution < 1.29 is 14.4 Å². The fourth-order valence-electron chi connectivity index (χ4n) is 5.79. The van der Waals surface area contributed by atoms with Crippen molar-refractivity contribution in [3.05, 3.63) is 88.8 Å². The molecule has 0 unspecified atom stereocenters. The van der Waals surface area contributed by atoms with Gasteiger partial charge in [-0.05, 0) is 82.7 Å². The van der Waals surface area contributed by atoms with Crippen LogP contribution in [-0.4, -0.2) is 47.4 Å². The van der Waals surface area contributed by atoms with E-state index in [-0.39, 0.29) is 17.7 Å². The van der Waals surface area contributed by atoms with Crippen molar-refractivity contribution in [3.8, 4) is 0 Å². The van der Waals surface area contributed by atoms with Crippen molar-refractivity contribution in [2.45, 2.75) is 119 Å². The van der Waals surface area contributed by atoms with Gasteiger partial charge in [-0.15, -0.1) is 0 Å². The Kier molecular flexibility index (Phi) is 13.4. The number of unbranched alkanes of at least 4 members (excludes halogenated alkanes) is 1. The van der Waals surface area contributed by atoms with Gasteiger partial charge in [-0.2, -0.15) is 0 Å². The summed E-state index contributed by atoms with van der Waals surface area (Å²) in [5, 5.41) is 0. The number of pyridine rings is 3. The van der Waals surface area contributed by atoms with Crippen LogP contribution in [0.15, 0.2) is 55.4 Å². The van der Waals surface area contributed by atoms with Crippen molar-refractivity contribution >= 4 is 17.7 Å². The first-order valence-corrected chi connectivity index (χ1v) is 17.2. The first-order valence-electron chi connectivity index (χ1n) is 17.2. The molecule has 0 saturated heterocycles. The van der Waals surface area contributed by atoms with E-state index in [9.17, 15) is 14.4 Å². The Morgan fingerprint density at radius 1 is 0.532 bits per heavy atom. The summed E-state index contributed by atoms with van der Waals surface area (Å²) in [6, 6.07) is 6.18. The molecular weight excluding hydrogens is 588 g/mol. The van der Waals surface area contributed by atoms with Crippen LogP contribution >= 0.6 is 0 Å². The molecule has 3 aromatic rings. The van der Waals surface area contributed by atoms with E-state index in [1.54, 1.807) is 37.2 Å². The number of fused-ring (bicyclic) bond motifs is 6. The molecule has 0 N–H and O–H groups in total. The highest BCUT2D eigenvalue weighted by Crippen LogP contribution is 2.20. The third-order valence-electron chi connectivity index (χ3n) is 8.47. The summed E-state index contributed by atoms with van der Waals surface area (Å²) < 4.78 is 0. The summed E-state index contributed by atoms with van der Waals surface area (Å²) in [7, 11) is 0. The molecule has 0 saturated carbocycles. The van der Waals surface area contributed by atoms with Crippen LogP contribution < -0.4 is 0 Å². The predicted molar refractivity (Wildman–Crippen MR) is 183 cm³/mol. The summed E-state index contributed by atoms with van der Waals surface area (Å²) >= 11 is 0. The van der Waals surface area contributed by atoms with Crippen LogP contribution in [0, 0.1) is 11.8 Å². The number of hydrogen-bond donors (Lipinski definition) is 0. The molecule has 0 radical (unpaired) electrons. The summed E-state index contributed by atoms with van der Waals surface area (Å²) in [5.41, 5.74) is 5.48. The molecule has 4 heterocycles. The standard InChI is InChI=1S/C38H52N6O3/c1-6-7-8-36(45)42-22-30-13-32(18-39-16-30)24-43(37(46)11-9-28(2)3)26-34-15-35(21-41-20-34)27-44(38(47)12-10-29(4)5)25-33-14-31(23-42)17-40-19-33/h13-21,28-29H,6-12,22-27H2,1-5H3. The molecule has 9 nitrogen and oxygen atoms in total. The van der Waals surface area contributed by atoms with Crippen molar-refractivity contribution in [3.63, 3.8) is 0 Å². The lowest BCUT2D eigenvalue weighted by atomic mass is 10.1. The molecule has 47 heavy (non-hydrogen) atoms. The average Bonchev–Trinajstić information content (AvgIpc) is 3.04. The number of carbonyl (C=O) groups excluding carboxylic acids is 3. The second kappa shape index (κ2) is 17.7. The van der Waals surface area contributed by atoms with E-state index >= 15 is 0 Å². The molecule has 3 aromatic heterocycles. The van der Waals surface area contributed by atoms with Crippen LogP contribution in [0.25, 0.3) is 0 Å². The number of hydrogen-bond acceptors (Lipinski definition) is 6. The van der Waals surface area contributed by atoms with Crippen LogP contribution in [0.4, 0.5) is 0 Å². The maximum Gasteiger partial charge on any atom is 0.223 e. The van der Waals surface area contributed by atoms with Crippen LogP contribution in [0.5, 0.6) is 0 Å². The molecule has 1 aliphatic heterocycles. The molecule has 3 amide bonds. The minimum Gasteiger partial charge on any atom is -0.334 e. The lowest BCUT2D eigenvalue weighted by molar-refractivity contribution is -0.133. The molecule has 252 valence electrons. The third kappa shape index (κ3) is 11.6. The number of aromatic nitrogens is 3. The molecule has 0 aliphatic carbocycles. The van der Waals surface area contributed by atoms with Gasteiger partial charge in [-0.1, -0.05) is 41.0 Å².